The SMILES string of the molecule is N#Cc1cc(-c2ccnc(Cc3cnc(N4CCOCC4)nc3)n2)ccc1OC1CCOCC1. The molecule has 0 atom stereocenters. The monoisotopic (exact) mass is 458 g/mol. The van der Waals surface area contributed by atoms with Gasteiger partial charge in [-0.15, -0.1) is 0 Å². The molecule has 9 heteroatoms. The lowest BCUT2D eigenvalue weighted by Crippen LogP contribution is -2.37. The van der Waals surface area contributed by atoms with E-state index in [1.54, 1.807) is 6.20 Å². The van der Waals surface area contributed by atoms with Crippen LogP contribution in [-0.4, -0.2) is 65.6 Å². The van der Waals surface area contributed by atoms with Gasteiger partial charge in [0.2, 0.25) is 5.95 Å². The second kappa shape index (κ2) is 10.5. The molecule has 174 valence electrons. The Hall–Kier alpha value is -3.61. The van der Waals surface area contributed by atoms with Gasteiger partial charge in [-0.1, -0.05) is 0 Å². The van der Waals surface area contributed by atoms with Crippen LogP contribution in [0.15, 0.2) is 42.9 Å². The molecule has 4 heterocycles. The second-order valence-corrected chi connectivity index (χ2v) is 8.28. The fraction of sp³-hybridized carbons (Fsp3) is 0.400. The molecule has 0 aliphatic carbocycles. The van der Waals surface area contributed by atoms with E-state index in [0.29, 0.717) is 55.9 Å². The number of rotatable bonds is 6. The summed E-state index contributed by atoms with van der Waals surface area (Å²) in [7, 11) is 0. The molecule has 5 rings (SSSR count). The minimum Gasteiger partial charge on any atom is -0.489 e. The largest absolute Gasteiger partial charge is 0.489 e. The van der Waals surface area contributed by atoms with Crippen molar-refractivity contribution in [2.45, 2.75) is 25.4 Å². The van der Waals surface area contributed by atoms with Crippen molar-refractivity contribution in [3.05, 3.63) is 59.8 Å². The maximum absolute atomic E-state index is 9.67. The Morgan fingerprint density at radius 1 is 1.00 bits per heavy atom. The molecule has 0 bridgehead atoms. The number of nitrogens with zero attached hydrogens (tertiary/aromatic N) is 6. The van der Waals surface area contributed by atoms with Crippen molar-refractivity contribution in [2.75, 3.05) is 44.4 Å². The lowest BCUT2D eigenvalue weighted by molar-refractivity contribution is 0.0254. The van der Waals surface area contributed by atoms with Crippen molar-refractivity contribution in [3.8, 4) is 23.1 Å². The van der Waals surface area contributed by atoms with Crippen molar-refractivity contribution in [3.63, 3.8) is 0 Å². The molecule has 0 saturated carbocycles. The summed E-state index contributed by atoms with van der Waals surface area (Å²) in [4.78, 5) is 20.3. The lowest BCUT2D eigenvalue weighted by atomic mass is 10.1. The standard InChI is InChI=1S/C25H26N6O3/c26-15-20-14-19(1-2-23(20)34-21-4-9-32-10-5-21)22-3-6-27-24(30-22)13-18-16-28-25(29-17-18)31-7-11-33-12-8-31/h1-3,6,14,16-17,21H,4-5,7-13H2. The van der Waals surface area contributed by atoms with Gasteiger partial charge in [0.25, 0.3) is 0 Å². The smallest absolute Gasteiger partial charge is 0.225 e. The Morgan fingerprint density at radius 2 is 1.76 bits per heavy atom. The fourth-order valence-electron chi connectivity index (χ4n) is 4.05. The lowest BCUT2D eigenvalue weighted by Gasteiger charge is -2.26. The highest BCUT2D eigenvalue weighted by atomic mass is 16.5. The maximum Gasteiger partial charge on any atom is 0.225 e. The predicted octanol–water partition coefficient (Wildman–Crippen LogP) is 2.79. The van der Waals surface area contributed by atoms with Gasteiger partial charge in [0.15, 0.2) is 0 Å². The third-order valence-corrected chi connectivity index (χ3v) is 5.91. The van der Waals surface area contributed by atoms with Gasteiger partial charge in [0.05, 0.1) is 37.7 Å². The average Bonchev–Trinajstić information content (AvgIpc) is 2.91. The first-order chi connectivity index (χ1) is 16.8. The van der Waals surface area contributed by atoms with Gasteiger partial charge in [-0.3, -0.25) is 0 Å². The zero-order valence-electron chi connectivity index (χ0n) is 18.9. The topological polar surface area (TPSA) is 106 Å². The molecular formula is C25H26N6O3. The number of aromatic nitrogens is 4. The van der Waals surface area contributed by atoms with Gasteiger partial charge < -0.3 is 19.1 Å². The Balaban J connectivity index is 1.29. The number of nitriles is 1. The van der Waals surface area contributed by atoms with Crippen LogP contribution >= 0.6 is 0 Å². The second-order valence-electron chi connectivity index (χ2n) is 8.28. The van der Waals surface area contributed by atoms with E-state index in [2.05, 4.69) is 25.9 Å². The minimum atomic E-state index is 0.0780. The van der Waals surface area contributed by atoms with Crippen LogP contribution in [0.25, 0.3) is 11.3 Å². The van der Waals surface area contributed by atoms with E-state index in [1.165, 1.54) is 0 Å². The van der Waals surface area contributed by atoms with Gasteiger partial charge in [0, 0.05) is 56.5 Å². The van der Waals surface area contributed by atoms with Gasteiger partial charge in [0.1, 0.15) is 23.7 Å². The van der Waals surface area contributed by atoms with Crippen LogP contribution in [0, 0.1) is 11.3 Å². The highest BCUT2D eigenvalue weighted by molar-refractivity contribution is 5.64. The molecule has 0 unspecified atom stereocenters. The molecule has 2 saturated heterocycles. The van der Waals surface area contributed by atoms with E-state index in [-0.39, 0.29) is 6.10 Å². The average molecular weight is 459 g/mol. The molecule has 1 aromatic carbocycles. The molecule has 3 aromatic rings. The third-order valence-electron chi connectivity index (χ3n) is 5.91. The van der Waals surface area contributed by atoms with Crippen LogP contribution < -0.4 is 9.64 Å². The van der Waals surface area contributed by atoms with Crippen LogP contribution in [0.3, 0.4) is 0 Å². The summed E-state index contributed by atoms with van der Waals surface area (Å²) >= 11 is 0. The number of ether oxygens (including phenoxy) is 3. The molecule has 0 radical (unpaired) electrons. The molecular weight excluding hydrogens is 432 g/mol. The number of anilines is 1. The Morgan fingerprint density at radius 3 is 2.53 bits per heavy atom. The summed E-state index contributed by atoms with van der Waals surface area (Å²) < 4.78 is 16.8. The van der Waals surface area contributed by atoms with Crippen LogP contribution in [-0.2, 0) is 15.9 Å². The van der Waals surface area contributed by atoms with Crippen molar-refractivity contribution >= 4 is 5.95 Å². The van der Waals surface area contributed by atoms with E-state index < -0.39 is 0 Å². The summed E-state index contributed by atoms with van der Waals surface area (Å²) in [6, 6.07) is 9.70. The number of hydrogen-bond acceptors (Lipinski definition) is 9. The van der Waals surface area contributed by atoms with E-state index in [9.17, 15) is 5.26 Å². The van der Waals surface area contributed by atoms with Gasteiger partial charge in [-0.25, -0.2) is 19.9 Å². The fourth-order valence-corrected chi connectivity index (χ4v) is 4.05. The van der Waals surface area contributed by atoms with Gasteiger partial charge in [-0.05, 0) is 29.8 Å². The Kier molecular flexibility index (Phi) is 6.89. The number of hydrogen-bond donors (Lipinski definition) is 0. The molecule has 2 fully saturated rings. The van der Waals surface area contributed by atoms with Crippen LogP contribution in [0.5, 0.6) is 5.75 Å². The summed E-state index contributed by atoms with van der Waals surface area (Å²) in [6.45, 7) is 4.37. The highest BCUT2D eigenvalue weighted by Gasteiger charge is 2.18. The molecule has 0 amide bonds. The van der Waals surface area contributed by atoms with Crippen LogP contribution in [0.4, 0.5) is 5.95 Å². The molecule has 0 N–H and O–H groups in total. The predicted molar refractivity (Wildman–Crippen MR) is 125 cm³/mol. The van der Waals surface area contributed by atoms with Crippen molar-refractivity contribution in [1.29, 1.82) is 5.26 Å². The zero-order chi connectivity index (χ0) is 23.2. The Labute approximate surface area is 198 Å². The summed E-state index contributed by atoms with van der Waals surface area (Å²) in [5, 5.41) is 9.67. The number of morpholine rings is 1. The first-order valence-corrected chi connectivity index (χ1v) is 11.5. The first kappa shape index (κ1) is 22.2. The van der Waals surface area contributed by atoms with E-state index in [1.807, 2.05) is 36.7 Å². The first-order valence-electron chi connectivity index (χ1n) is 11.5. The summed E-state index contributed by atoms with van der Waals surface area (Å²) in [6.07, 6.45) is 7.65. The quantitative estimate of drug-likeness (QED) is 0.551. The molecule has 9 nitrogen and oxygen atoms in total. The Bertz CT molecular complexity index is 1150. The summed E-state index contributed by atoms with van der Waals surface area (Å²) in [5.41, 5.74) is 3.03. The minimum absolute atomic E-state index is 0.0780. The van der Waals surface area contributed by atoms with Crippen molar-refractivity contribution in [1.82, 2.24) is 19.9 Å². The summed E-state index contributed by atoms with van der Waals surface area (Å²) in [5.74, 6) is 1.99. The van der Waals surface area contributed by atoms with E-state index in [0.717, 1.165) is 42.8 Å². The molecule has 0 spiro atoms. The van der Waals surface area contributed by atoms with E-state index >= 15 is 0 Å². The normalized spacial score (nSPS) is 16.7. The maximum atomic E-state index is 9.67. The zero-order valence-corrected chi connectivity index (χ0v) is 18.9. The molecule has 2 aliphatic heterocycles. The van der Waals surface area contributed by atoms with Crippen LogP contribution in [0.1, 0.15) is 29.8 Å². The van der Waals surface area contributed by atoms with Gasteiger partial charge >= 0.3 is 0 Å². The number of benzene rings is 1. The highest BCUT2D eigenvalue weighted by Crippen LogP contribution is 2.27. The molecule has 34 heavy (non-hydrogen) atoms. The molecule has 2 aliphatic rings. The third kappa shape index (κ3) is 5.30. The van der Waals surface area contributed by atoms with Crippen molar-refractivity contribution < 1.29 is 14.2 Å². The van der Waals surface area contributed by atoms with Gasteiger partial charge in [-0.2, -0.15) is 5.26 Å². The van der Waals surface area contributed by atoms with Crippen LogP contribution in [0.2, 0.25) is 0 Å². The molecule has 2 aromatic heterocycles. The van der Waals surface area contributed by atoms with Crippen molar-refractivity contribution in [2.24, 2.45) is 0 Å². The van der Waals surface area contributed by atoms with E-state index in [4.69, 9.17) is 19.2 Å².